The van der Waals surface area contributed by atoms with E-state index in [2.05, 4.69) is 35.0 Å². The molecule has 13 heteroatoms. The Kier molecular flexibility index (Phi) is 8.52. The van der Waals surface area contributed by atoms with Crippen molar-refractivity contribution in [3.8, 4) is 11.1 Å². The van der Waals surface area contributed by atoms with Gasteiger partial charge < -0.3 is 24.3 Å². The highest BCUT2D eigenvalue weighted by Crippen LogP contribution is 2.40. The third-order valence-electron chi connectivity index (χ3n) is 9.13. The first-order valence-electron chi connectivity index (χ1n) is 16.1. The first-order chi connectivity index (χ1) is 21.6. The minimum Gasteiger partial charge on any atom is -0.444 e. The second kappa shape index (κ2) is 12.0. The van der Waals surface area contributed by atoms with Gasteiger partial charge in [0, 0.05) is 76.8 Å². The second-order valence-corrected chi connectivity index (χ2v) is 21.2. The normalized spacial score (nSPS) is 20.2. The summed E-state index contributed by atoms with van der Waals surface area (Å²) in [6.45, 7) is 14.9. The smallest absolute Gasteiger partial charge is 0.407 e. The molecule has 0 spiro atoms. The lowest BCUT2D eigenvalue weighted by Crippen LogP contribution is -2.54. The van der Waals surface area contributed by atoms with Crippen LogP contribution in [0.25, 0.3) is 33.1 Å². The zero-order valence-corrected chi connectivity index (χ0v) is 29.9. The maximum absolute atomic E-state index is 14.3. The SMILES string of the molecule is Cn1cc2c(Cl)c(-c3cn(COCC[Si](C)(C)C)c4nc(N5C[C@H]6CC[C@@H](C5)[C@H]6NC(=O)OC(C)(C)C)n(C)c(=O)c34)ccc2n1. The number of fused-ring (bicyclic) bond motifs is 4. The molecule has 0 unspecified atom stereocenters. The van der Waals surface area contributed by atoms with Crippen LogP contribution in [0.4, 0.5) is 10.7 Å². The van der Waals surface area contributed by atoms with Crippen molar-refractivity contribution in [3.63, 3.8) is 0 Å². The largest absolute Gasteiger partial charge is 0.444 e. The van der Waals surface area contributed by atoms with Crippen LogP contribution in [-0.4, -0.2) is 69.4 Å². The van der Waals surface area contributed by atoms with Gasteiger partial charge in [0.2, 0.25) is 5.95 Å². The summed E-state index contributed by atoms with van der Waals surface area (Å²) in [6.07, 6.45) is 5.46. The first-order valence-corrected chi connectivity index (χ1v) is 20.2. The summed E-state index contributed by atoms with van der Waals surface area (Å²) in [5.74, 6) is 1.08. The molecule has 6 rings (SSSR count). The molecule has 1 aromatic carbocycles. The van der Waals surface area contributed by atoms with E-state index in [-0.39, 0.29) is 36.3 Å². The summed E-state index contributed by atoms with van der Waals surface area (Å²) in [5, 5.41) is 9.52. The van der Waals surface area contributed by atoms with Gasteiger partial charge in [0.15, 0.2) is 5.65 Å². The molecule has 1 saturated carbocycles. The minimum atomic E-state index is -1.28. The number of carbonyl (C=O) groups is 1. The molecule has 1 aliphatic carbocycles. The van der Waals surface area contributed by atoms with Gasteiger partial charge in [-0.3, -0.25) is 14.0 Å². The van der Waals surface area contributed by atoms with Crippen LogP contribution in [0.3, 0.4) is 0 Å². The van der Waals surface area contributed by atoms with E-state index in [0.717, 1.165) is 40.9 Å². The van der Waals surface area contributed by atoms with Gasteiger partial charge in [-0.25, -0.2) is 4.79 Å². The molecule has 2 aliphatic rings. The van der Waals surface area contributed by atoms with E-state index in [1.54, 1.807) is 16.3 Å². The first kappa shape index (κ1) is 32.6. The van der Waals surface area contributed by atoms with E-state index in [0.29, 0.717) is 41.7 Å². The van der Waals surface area contributed by atoms with Crippen molar-refractivity contribution >= 4 is 53.7 Å². The van der Waals surface area contributed by atoms with Crippen molar-refractivity contribution in [1.82, 2.24) is 29.2 Å². The Hall–Kier alpha value is -3.35. The zero-order valence-electron chi connectivity index (χ0n) is 28.2. The molecule has 46 heavy (non-hydrogen) atoms. The topological polar surface area (TPSA) is 108 Å². The number of carbonyl (C=O) groups excluding carboxylic acids is 1. The van der Waals surface area contributed by atoms with Crippen molar-refractivity contribution in [2.24, 2.45) is 25.9 Å². The Morgan fingerprint density at radius 3 is 2.43 bits per heavy atom. The van der Waals surface area contributed by atoms with Gasteiger partial charge in [0.25, 0.3) is 5.56 Å². The minimum absolute atomic E-state index is 0.0339. The molecule has 0 radical (unpaired) electrons. The fraction of sp³-hybridized carbons (Fsp3) is 0.576. The van der Waals surface area contributed by atoms with Gasteiger partial charge >= 0.3 is 6.09 Å². The number of benzene rings is 1. The number of ether oxygens (including phenoxy) is 2. The fourth-order valence-corrected chi connectivity index (χ4v) is 7.95. The summed E-state index contributed by atoms with van der Waals surface area (Å²) < 4.78 is 17.1. The third kappa shape index (κ3) is 6.43. The number of halogens is 1. The number of piperidine rings is 1. The predicted octanol–water partition coefficient (Wildman–Crippen LogP) is 5.99. The Bertz CT molecular complexity index is 1840. The number of nitrogens with one attached hydrogen (secondary N) is 1. The van der Waals surface area contributed by atoms with Gasteiger partial charge in [-0.2, -0.15) is 10.1 Å². The number of aromatic nitrogens is 5. The summed E-state index contributed by atoms with van der Waals surface area (Å²) in [7, 11) is 2.37. The number of hydrogen-bond acceptors (Lipinski definition) is 7. The van der Waals surface area contributed by atoms with E-state index in [1.165, 1.54) is 0 Å². The maximum atomic E-state index is 14.3. The average molecular weight is 668 g/mol. The molecule has 4 heterocycles. The van der Waals surface area contributed by atoms with Gasteiger partial charge in [-0.1, -0.05) is 37.3 Å². The Balaban J connectivity index is 1.37. The van der Waals surface area contributed by atoms with Crippen molar-refractivity contribution in [1.29, 1.82) is 0 Å². The predicted molar refractivity (Wildman–Crippen MR) is 185 cm³/mol. The summed E-state index contributed by atoms with van der Waals surface area (Å²) in [6, 6.07) is 4.93. The molecule has 3 atom stereocenters. The molecule has 2 bridgehead atoms. The molecule has 1 N–H and O–H groups in total. The number of aryl methyl sites for hydroxylation is 1. The monoisotopic (exact) mass is 667 g/mol. The van der Waals surface area contributed by atoms with E-state index < -0.39 is 13.7 Å². The number of nitrogens with zero attached hydrogens (tertiary/aromatic N) is 6. The van der Waals surface area contributed by atoms with Gasteiger partial charge in [0.05, 0.1) is 15.9 Å². The molecular weight excluding hydrogens is 622 g/mol. The highest BCUT2D eigenvalue weighted by Gasteiger charge is 2.44. The van der Waals surface area contributed by atoms with Crippen LogP contribution < -0.4 is 15.8 Å². The molecule has 2 fully saturated rings. The van der Waals surface area contributed by atoms with Crippen LogP contribution in [0.1, 0.15) is 33.6 Å². The van der Waals surface area contributed by atoms with Crippen molar-refractivity contribution in [2.75, 3.05) is 24.6 Å². The van der Waals surface area contributed by atoms with E-state index in [9.17, 15) is 9.59 Å². The van der Waals surface area contributed by atoms with Crippen molar-refractivity contribution < 1.29 is 14.3 Å². The van der Waals surface area contributed by atoms with E-state index in [4.69, 9.17) is 26.1 Å². The van der Waals surface area contributed by atoms with Crippen LogP contribution in [-0.2, 0) is 30.3 Å². The zero-order chi connectivity index (χ0) is 33.1. The fourth-order valence-electron chi connectivity index (χ4n) is 6.88. The lowest BCUT2D eigenvalue weighted by molar-refractivity contribution is 0.0472. The van der Waals surface area contributed by atoms with Crippen LogP contribution >= 0.6 is 11.6 Å². The van der Waals surface area contributed by atoms with Crippen LogP contribution in [0.5, 0.6) is 0 Å². The highest BCUT2D eigenvalue weighted by molar-refractivity contribution is 6.76. The molecule has 1 saturated heterocycles. The number of alkyl carbamates (subject to hydrolysis) is 1. The van der Waals surface area contributed by atoms with Crippen LogP contribution in [0.2, 0.25) is 30.7 Å². The summed E-state index contributed by atoms with van der Waals surface area (Å²) in [4.78, 5) is 34.3. The van der Waals surface area contributed by atoms with Gasteiger partial charge in [-0.15, -0.1) is 0 Å². The molecule has 3 aromatic heterocycles. The molecule has 4 aromatic rings. The number of rotatable bonds is 8. The lowest BCUT2D eigenvalue weighted by Gasteiger charge is -2.39. The highest BCUT2D eigenvalue weighted by atomic mass is 35.5. The van der Waals surface area contributed by atoms with Crippen LogP contribution in [0.15, 0.2) is 29.3 Å². The molecule has 248 valence electrons. The van der Waals surface area contributed by atoms with Gasteiger partial charge in [-0.05, 0) is 57.6 Å². The Morgan fingerprint density at radius 1 is 1.09 bits per heavy atom. The summed E-state index contributed by atoms with van der Waals surface area (Å²) in [5.41, 5.74) is 2.15. The Morgan fingerprint density at radius 2 is 1.78 bits per heavy atom. The van der Waals surface area contributed by atoms with E-state index in [1.807, 2.05) is 56.9 Å². The maximum Gasteiger partial charge on any atom is 0.407 e. The van der Waals surface area contributed by atoms with E-state index >= 15 is 0 Å². The molecule has 11 nitrogen and oxygen atoms in total. The third-order valence-corrected chi connectivity index (χ3v) is 11.2. The van der Waals surface area contributed by atoms with Gasteiger partial charge in [0.1, 0.15) is 12.3 Å². The second-order valence-electron chi connectivity index (χ2n) is 15.2. The van der Waals surface area contributed by atoms with Crippen molar-refractivity contribution in [3.05, 3.63) is 39.9 Å². The van der Waals surface area contributed by atoms with Crippen LogP contribution in [0, 0.1) is 11.8 Å². The van der Waals surface area contributed by atoms with Crippen molar-refractivity contribution in [2.45, 2.75) is 77.7 Å². The number of amides is 1. The molecular formula is C33H46ClN7O4Si. The Labute approximate surface area is 275 Å². The molecule has 1 amide bonds. The molecule has 1 aliphatic heterocycles. The summed E-state index contributed by atoms with van der Waals surface area (Å²) >= 11 is 6.98. The quantitative estimate of drug-likeness (QED) is 0.182. The standard InChI is InChI=1S/C33H46ClN7O4Si/c1-33(2,3)45-32(43)35-28-20-9-10-21(28)16-40(15-20)31-36-29-26(30(42)39(31)5)23(18-41(29)19-44-13-14-46(6,7)8)22-11-12-25-24(27(22)34)17-38(4)37-25/h11-12,17-18,20-21,28H,9-10,13-16,19H2,1-8H3,(H,35,43)/t20-,21+,28+. The average Bonchev–Trinajstić information content (AvgIpc) is 3.57. The lowest BCUT2D eigenvalue weighted by atomic mass is 9.92. The number of anilines is 1. The number of hydrogen-bond donors (Lipinski definition) is 1.